The van der Waals surface area contributed by atoms with Gasteiger partial charge in [0.25, 0.3) is 11.8 Å². The number of benzene rings is 1. The quantitative estimate of drug-likeness (QED) is 0.588. The Hall–Kier alpha value is -3.34. The smallest absolute Gasteiger partial charge is 0.407 e. The predicted octanol–water partition coefficient (Wildman–Crippen LogP) is 0.677. The summed E-state index contributed by atoms with van der Waals surface area (Å²) in [5.41, 5.74) is 5.60. The zero-order chi connectivity index (χ0) is 22.0. The molecule has 3 saturated heterocycles. The van der Waals surface area contributed by atoms with E-state index < -0.39 is 30.0 Å². The number of nitrogens with one attached hydrogen (secondary N) is 2. The molecule has 4 rings (SSSR count). The Morgan fingerprint density at radius 2 is 1.74 bits per heavy atom. The molecule has 31 heavy (non-hydrogen) atoms. The highest BCUT2D eigenvalue weighted by atomic mass is 16.7. The third-order valence-corrected chi connectivity index (χ3v) is 5.95. The van der Waals surface area contributed by atoms with Crippen LogP contribution in [0.1, 0.15) is 31.2 Å². The standard InChI is InChI=1S/C20H25N5O6/c26-17(15-7-4-10-23(15)20(29)30)21-22-18(27)16-9-8-14-11-24(16)19(28)25(14)31-12-13-5-2-1-3-6-13/h1-3,5-6,14-16H,4,7-12H2,(H,21,26)(H,22,27)(H,29,30)/t14-,15-,16+/m0/s1. The van der Waals surface area contributed by atoms with E-state index in [0.29, 0.717) is 32.2 Å². The summed E-state index contributed by atoms with van der Waals surface area (Å²) >= 11 is 0. The van der Waals surface area contributed by atoms with Crippen LogP contribution >= 0.6 is 0 Å². The number of piperidine rings is 1. The fourth-order valence-corrected chi connectivity index (χ4v) is 4.35. The fraction of sp³-hybridized carbons (Fsp3) is 0.500. The van der Waals surface area contributed by atoms with Crippen molar-refractivity contribution in [3.8, 4) is 0 Å². The summed E-state index contributed by atoms with van der Waals surface area (Å²) in [7, 11) is 0. The maximum absolute atomic E-state index is 12.8. The van der Waals surface area contributed by atoms with Gasteiger partial charge in [-0.25, -0.2) is 9.59 Å². The number of hydrogen-bond acceptors (Lipinski definition) is 5. The number of likely N-dealkylation sites (tertiary alicyclic amines) is 1. The summed E-state index contributed by atoms with van der Waals surface area (Å²) in [5.74, 6) is -1.09. The van der Waals surface area contributed by atoms with E-state index in [4.69, 9.17) is 9.94 Å². The van der Waals surface area contributed by atoms with Gasteiger partial charge in [-0.2, -0.15) is 5.06 Å². The number of nitrogens with zero attached hydrogens (tertiary/aromatic N) is 3. The summed E-state index contributed by atoms with van der Waals surface area (Å²) in [5, 5.41) is 10.5. The number of hydrazine groups is 1. The van der Waals surface area contributed by atoms with Crippen molar-refractivity contribution in [1.29, 1.82) is 0 Å². The van der Waals surface area contributed by atoms with Gasteiger partial charge in [-0.1, -0.05) is 30.3 Å². The number of carbonyl (C=O) groups excluding carboxylic acids is 3. The number of rotatable bonds is 5. The highest BCUT2D eigenvalue weighted by molar-refractivity contribution is 5.91. The minimum atomic E-state index is -1.17. The van der Waals surface area contributed by atoms with Crippen molar-refractivity contribution in [2.24, 2.45) is 0 Å². The molecule has 2 bridgehead atoms. The van der Waals surface area contributed by atoms with Gasteiger partial charge in [-0.3, -0.25) is 30.2 Å². The molecule has 3 heterocycles. The molecule has 0 aromatic heterocycles. The van der Waals surface area contributed by atoms with Crippen molar-refractivity contribution in [3.05, 3.63) is 35.9 Å². The zero-order valence-corrected chi connectivity index (χ0v) is 16.9. The van der Waals surface area contributed by atoms with Crippen molar-refractivity contribution in [1.82, 2.24) is 25.7 Å². The number of amides is 5. The number of urea groups is 1. The first-order chi connectivity index (χ1) is 15.0. The first kappa shape index (κ1) is 20.9. The molecule has 3 aliphatic rings. The molecule has 5 amide bonds. The first-order valence-corrected chi connectivity index (χ1v) is 10.3. The summed E-state index contributed by atoms with van der Waals surface area (Å²) in [4.78, 5) is 57.1. The van der Waals surface area contributed by atoms with Crippen molar-refractivity contribution in [2.45, 2.75) is 50.4 Å². The lowest BCUT2D eigenvalue weighted by atomic mass is 10.0. The van der Waals surface area contributed by atoms with Gasteiger partial charge in [-0.15, -0.1) is 0 Å². The van der Waals surface area contributed by atoms with Crippen LogP contribution in [0.2, 0.25) is 0 Å². The molecule has 3 atom stereocenters. The topological polar surface area (TPSA) is 132 Å². The molecule has 0 radical (unpaired) electrons. The lowest BCUT2D eigenvalue weighted by Crippen LogP contribution is -2.57. The average Bonchev–Trinajstić information content (AvgIpc) is 3.36. The molecule has 0 aliphatic carbocycles. The zero-order valence-electron chi connectivity index (χ0n) is 16.9. The molecule has 1 aromatic carbocycles. The van der Waals surface area contributed by atoms with Gasteiger partial charge in [-0.05, 0) is 31.2 Å². The van der Waals surface area contributed by atoms with Crippen LogP contribution in [0.5, 0.6) is 0 Å². The van der Waals surface area contributed by atoms with E-state index in [9.17, 15) is 19.2 Å². The SMILES string of the molecule is O=C(NNC(=O)[C@@H]1CCCN1C(=O)O)[C@H]1CC[C@H]2CN1C(=O)N2OCc1ccccc1. The molecule has 3 N–H and O–H groups in total. The van der Waals surface area contributed by atoms with Gasteiger partial charge in [0.15, 0.2) is 0 Å². The van der Waals surface area contributed by atoms with Gasteiger partial charge in [0.2, 0.25) is 0 Å². The number of carboxylic acid groups (broad SMARTS) is 1. The normalized spacial score (nSPS) is 25.0. The number of hydrogen-bond donors (Lipinski definition) is 3. The third-order valence-electron chi connectivity index (χ3n) is 5.95. The van der Waals surface area contributed by atoms with Crippen LogP contribution in [0.25, 0.3) is 0 Å². The predicted molar refractivity (Wildman–Crippen MR) is 106 cm³/mol. The van der Waals surface area contributed by atoms with E-state index in [1.807, 2.05) is 30.3 Å². The number of carbonyl (C=O) groups is 4. The van der Waals surface area contributed by atoms with E-state index in [1.165, 1.54) is 9.96 Å². The minimum Gasteiger partial charge on any atom is -0.465 e. The van der Waals surface area contributed by atoms with Gasteiger partial charge >= 0.3 is 12.1 Å². The molecular formula is C20H25N5O6. The summed E-state index contributed by atoms with van der Waals surface area (Å²) < 4.78 is 0. The summed E-state index contributed by atoms with van der Waals surface area (Å²) in [6.07, 6.45) is 0.855. The van der Waals surface area contributed by atoms with Crippen LogP contribution in [0.3, 0.4) is 0 Å². The maximum Gasteiger partial charge on any atom is 0.407 e. The van der Waals surface area contributed by atoms with E-state index in [1.54, 1.807) is 0 Å². The number of fused-ring (bicyclic) bond motifs is 2. The highest BCUT2D eigenvalue weighted by Gasteiger charge is 2.48. The molecule has 0 spiro atoms. The maximum atomic E-state index is 12.8. The highest BCUT2D eigenvalue weighted by Crippen LogP contribution is 2.30. The second-order valence-corrected chi connectivity index (χ2v) is 7.88. The molecular weight excluding hydrogens is 406 g/mol. The minimum absolute atomic E-state index is 0.127. The van der Waals surface area contributed by atoms with Crippen LogP contribution in [-0.4, -0.2) is 75.1 Å². The van der Waals surface area contributed by atoms with Crippen LogP contribution in [0, 0.1) is 0 Å². The molecule has 3 fully saturated rings. The fourth-order valence-electron chi connectivity index (χ4n) is 4.35. The molecule has 3 aliphatic heterocycles. The van der Waals surface area contributed by atoms with E-state index in [2.05, 4.69) is 10.9 Å². The Labute approximate surface area is 178 Å². The summed E-state index contributed by atoms with van der Waals surface area (Å²) in [6, 6.07) is 7.43. The lowest BCUT2D eigenvalue weighted by Gasteiger charge is -2.29. The largest absolute Gasteiger partial charge is 0.465 e. The average molecular weight is 431 g/mol. The van der Waals surface area contributed by atoms with E-state index in [0.717, 1.165) is 10.5 Å². The van der Waals surface area contributed by atoms with Crippen molar-refractivity contribution in [3.63, 3.8) is 0 Å². The third kappa shape index (κ3) is 4.26. The van der Waals surface area contributed by atoms with Gasteiger partial charge in [0.05, 0.1) is 6.04 Å². The van der Waals surface area contributed by atoms with Gasteiger partial charge < -0.3 is 10.0 Å². The lowest BCUT2D eigenvalue weighted by molar-refractivity contribution is -0.140. The van der Waals surface area contributed by atoms with Gasteiger partial charge in [0, 0.05) is 13.1 Å². The Bertz CT molecular complexity index is 865. The number of hydroxylamine groups is 2. The Morgan fingerprint density at radius 1 is 1.03 bits per heavy atom. The van der Waals surface area contributed by atoms with Crippen molar-refractivity contribution < 1.29 is 29.1 Å². The van der Waals surface area contributed by atoms with E-state index >= 15 is 0 Å². The van der Waals surface area contributed by atoms with Gasteiger partial charge in [0.1, 0.15) is 18.7 Å². The van der Waals surface area contributed by atoms with Crippen molar-refractivity contribution in [2.75, 3.05) is 13.1 Å². The van der Waals surface area contributed by atoms with Crippen LogP contribution in [0.15, 0.2) is 30.3 Å². The Morgan fingerprint density at radius 3 is 2.45 bits per heavy atom. The summed E-state index contributed by atoms with van der Waals surface area (Å²) in [6.45, 7) is 0.910. The second-order valence-electron chi connectivity index (χ2n) is 7.88. The molecule has 166 valence electrons. The molecule has 0 unspecified atom stereocenters. The molecule has 0 saturated carbocycles. The van der Waals surface area contributed by atoms with Crippen LogP contribution in [0.4, 0.5) is 9.59 Å². The second kappa shape index (κ2) is 8.80. The Balaban J connectivity index is 1.30. The van der Waals surface area contributed by atoms with Crippen LogP contribution < -0.4 is 10.9 Å². The van der Waals surface area contributed by atoms with E-state index in [-0.39, 0.29) is 25.2 Å². The van der Waals surface area contributed by atoms with Crippen molar-refractivity contribution >= 4 is 23.9 Å². The first-order valence-electron chi connectivity index (χ1n) is 10.3. The Kier molecular flexibility index (Phi) is 5.94. The monoisotopic (exact) mass is 431 g/mol. The van der Waals surface area contributed by atoms with Crippen LogP contribution in [-0.2, 0) is 21.0 Å². The molecule has 11 nitrogen and oxygen atoms in total. The molecule has 11 heteroatoms. The molecule has 1 aromatic rings.